The zero-order chi connectivity index (χ0) is 29.4. The Bertz CT molecular complexity index is 1300. The minimum Gasteiger partial charge on any atom is -0.352 e. The monoisotopic (exact) mass is 592 g/mol. The highest BCUT2D eigenvalue weighted by atomic mass is 35.5. The normalized spacial score (nSPS) is 14.9. The highest BCUT2D eigenvalue weighted by molar-refractivity contribution is 6.35. The van der Waals surface area contributed by atoms with Crippen molar-refractivity contribution in [3.8, 4) is 0 Å². The second-order valence-corrected chi connectivity index (χ2v) is 13.1. The van der Waals surface area contributed by atoms with E-state index >= 15 is 0 Å². The summed E-state index contributed by atoms with van der Waals surface area (Å²) in [6.45, 7) is 6.80. The number of nitrogens with zero attached hydrogens (tertiary/aromatic N) is 1. The first-order chi connectivity index (χ1) is 19.6. The van der Waals surface area contributed by atoms with E-state index in [0.29, 0.717) is 29.3 Å². The van der Waals surface area contributed by atoms with E-state index in [1.54, 1.807) is 17.0 Å². The van der Waals surface area contributed by atoms with E-state index in [0.717, 1.165) is 42.4 Å². The van der Waals surface area contributed by atoms with Crippen LogP contribution < -0.4 is 5.32 Å². The highest BCUT2D eigenvalue weighted by Gasteiger charge is 2.32. The van der Waals surface area contributed by atoms with Gasteiger partial charge >= 0.3 is 0 Å². The van der Waals surface area contributed by atoms with Gasteiger partial charge in [-0.05, 0) is 59.1 Å². The van der Waals surface area contributed by atoms with E-state index in [2.05, 4.69) is 50.4 Å². The molecule has 0 bridgehead atoms. The smallest absolute Gasteiger partial charge is 0.243 e. The molecule has 41 heavy (non-hydrogen) atoms. The maximum Gasteiger partial charge on any atom is 0.243 e. The van der Waals surface area contributed by atoms with Crippen LogP contribution in [0.4, 0.5) is 0 Å². The summed E-state index contributed by atoms with van der Waals surface area (Å²) in [6, 6.07) is 23.2. The van der Waals surface area contributed by atoms with Gasteiger partial charge < -0.3 is 10.2 Å². The number of nitrogens with one attached hydrogen (secondary N) is 1. The van der Waals surface area contributed by atoms with Gasteiger partial charge in [-0.25, -0.2) is 0 Å². The van der Waals surface area contributed by atoms with Gasteiger partial charge in [-0.2, -0.15) is 0 Å². The Morgan fingerprint density at radius 2 is 1.59 bits per heavy atom. The van der Waals surface area contributed by atoms with Gasteiger partial charge in [0, 0.05) is 35.5 Å². The Morgan fingerprint density at radius 1 is 0.902 bits per heavy atom. The molecule has 2 amide bonds. The number of amides is 2. The Labute approximate surface area is 255 Å². The summed E-state index contributed by atoms with van der Waals surface area (Å²) in [4.78, 5) is 29.7. The zero-order valence-corrected chi connectivity index (χ0v) is 26.0. The summed E-state index contributed by atoms with van der Waals surface area (Å²) in [5.41, 5.74) is 4.20. The molecule has 218 valence electrons. The van der Waals surface area contributed by atoms with Gasteiger partial charge in [-0.1, -0.05) is 124 Å². The van der Waals surface area contributed by atoms with Crippen molar-refractivity contribution in [3.63, 3.8) is 0 Å². The lowest BCUT2D eigenvalue weighted by Gasteiger charge is -2.34. The van der Waals surface area contributed by atoms with E-state index < -0.39 is 6.04 Å². The van der Waals surface area contributed by atoms with Crippen molar-refractivity contribution in [1.82, 2.24) is 10.2 Å². The third kappa shape index (κ3) is 9.08. The van der Waals surface area contributed by atoms with Gasteiger partial charge in [0.25, 0.3) is 0 Å². The lowest BCUT2D eigenvalue weighted by atomic mass is 9.86. The topological polar surface area (TPSA) is 49.4 Å². The molecule has 1 atom stereocenters. The number of carbonyl (C=O) groups excluding carboxylic acids is 2. The van der Waals surface area contributed by atoms with Crippen LogP contribution in [0.2, 0.25) is 10.0 Å². The summed E-state index contributed by atoms with van der Waals surface area (Å²) in [6.07, 6.45) is 6.71. The van der Waals surface area contributed by atoms with Gasteiger partial charge in [0.05, 0.1) is 0 Å². The van der Waals surface area contributed by atoms with Gasteiger partial charge in [0.15, 0.2) is 0 Å². The molecule has 1 saturated carbocycles. The summed E-state index contributed by atoms with van der Waals surface area (Å²) in [5.74, 6) is -0.177. The lowest BCUT2D eigenvalue weighted by Crippen LogP contribution is -2.53. The summed E-state index contributed by atoms with van der Waals surface area (Å²) in [7, 11) is 0. The van der Waals surface area contributed by atoms with Crippen molar-refractivity contribution in [3.05, 3.63) is 105 Å². The molecule has 1 unspecified atom stereocenters. The number of carbonyl (C=O) groups is 2. The first kappa shape index (κ1) is 31.1. The third-order valence-corrected chi connectivity index (χ3v) is 8.61. The van der Waals surface area contributed by atoms with Crippen molar-refractivity contribution >= 4 is 35.0 Å². The maximum atomic E-state index is 14.0. The number of benzene rings is 3. The highest BCUT2D eigenvalue weighted by Crippen LogP contribution is 2.26. The molecule has 4 rings (SSSR count). The van der Waals surface area contributed by atoms with E-state index in [1.165, 1.54) is 12.0 Å². The maximum absolute atomic E-state index is 14.0. The predicted octanol–water partition coefficient (Wildman–Crippen LogP) is 8.31. The first-order valence-corrected chi connectivity index (χ1v) is 15.5. The largest absolute Gasteiger partial charge is 0.352 e. The van der Waals surface area contributed by atoms with Gasteiger partial charge in [-0.15, -0.1) is 0 Å². The summed E-state index contributed by atoms with van der Waals surface area (Å²) >= 11 is 12.8. The fourth-order valence-corrected chi connectivity index (χ4v) is 5.97. The van der Waals surface area contributed by atoms with Crippen LogP contribution in [0, 0.1) is 0 Å². The molecule has 1 fully saturated rings. The zero-order valence-electron chi connectivity index (χ0n) is 24.5. The van der Waals surface area contributed by atoms with E-state index in [1.807, 2.05) is 36.4 Å². The lowest BCUT2D eigenvalue weighted by molar-refractivity contribution is -0.141. The number of hydrogen-bond acceptors (Lipinski definition) is 2. The van der Waals surface area contributed by atoms with Crippen LogP contribution in [-0.4, -0.2) is 28.8 Å². The first-order valence-electron chi connectivity index (χ1n) is 14.8. The van der Waals surface area contributed by atoms with Gasteiger partial charge in [-0.3, -0.25) is 9.59 Å². The fraction of sp³-hybridized carbons (Fsp3) is 0.429. The van der Waals surface area contributed by atoms with Crippen LogP contribution in [0.1, 0.15) is 81.5 Å². The molecular formula is C35H42Cl2N2O2. The van der Waals surface area contributed by atoms with Gasteiger partial charge in [0.2, 0.25) is 11.8 Å². The second kappa shape index (κ2) is 14.4. The molecule has 6 heteroatoms. The molecule has 3 aromatic carbocycles. The molecule has 3 aromatic rings. The van der Waals surface area contributed by atoms with Crippen molar-refractivity contribution in [2.75, 3.05) is 0 Å². The molecule has 1 N–H and O–H groups in total. The summed E-state index contributed by atoms with van der Waals surface area (Å²) < 4.78 is 0. The van der Waals surface area contributed by atoms with Crippen LogP contribution in [-0.2, 0) is 34.4 Å². The van der Waals surface area contributed by atoms with E-state index in [4.69, 9.17) is 23.2 Å². The molecule has 1 aliphatic carbocycles. The van der Waals surface area contributed by atoms with Crippen LogP contribution in [0.3, 0.4) is 0 Å². The van der Waals surface area contributed by atoms with Crippen molar-refractivity contribution in [2.24, 2.45) is 0 Å². The van der Waals surface area contributed by atoms with Crippen LogP contribution in [0.25, 0.3) is 0 Å². The van der Waals surface area contributed by atoms with E-state index in [9.17, 15) is 9.59 Å². The Kier molecular flexibility index (Phi) is 10.9. The van der Waals surface area contributed by atoms with Crippen molar-refractivity contribution in [2.45, 2.75) is 96.2 Å². The number of aryl methyl sites for hydroxylation is 1. The average molecular weight is 594 g/mol. The van der Waals surface area contributed by atoms with Crippen molar-refractivity contribution < 1.29 is 9.59 Å². The molecule has 1 aliphatic rings. The third-order valence-electron chi connectivity index (χ3n) is 8.03. The SMILES string of the molecule is CC(C)(C)c1ccc(CCC(=O)N(Cc2ccc(Cl)cc2Cl)C(Cc2ccccc2)C(=O)NC2CCCCC2)cc1. The van der Waals surface area contributed by atoms with Crippen LogP contribution in [0.15, 0.2) is 72.8 Å². The molecule has 4 nitrogen and oxygen atoms in total. The van der Waals surface area contributed by atoms with Crippen LogP contribution >= 0.6 is 23.2 Å². The molecule has 0 aliphatic heterocycles. The standard InChI is InChI=1S/C35H42Cl2N2O2/c1-35(2,3)28-18-14-25(15-19-28)16-21-33(40)39(24-27-17-20-29(36)23-31(27)37)32(22-26-10-6-4-7-11-26)34(41)38-30-12-8-5-9-13-30/h4,6-7,10-11,14-15,17-20,23,30,32H,5,8-9,12-13,16,21-22,24H2,1-3H3,(H,38,41). The Balaban J connectivity index is 1.61. The number of rotatable bonds is 10. The molecule has 0 spiro atoms. The molecular weight excluding hydrogens is 551 g/mol. The molecule has 0 radical (unpaired) electrons. The quantitative estimate of drug-likeness (QED) is 0.257. The minimum absolute atomic E-state index is 0.0688. The average Bonchev–Trinajstić information content (AvgIpc) is 2.95. The minimum atomic E-state index is -0.665. The number of halogens is 2. The predicted molar refractivity (Wildman–Crippen MR) is 169 cm³/mol. The molecule has 0 aromatic heterocycles. The van der Waals surface area contributed by atoms with Crippen LogP contribution in [0.5, 0.6) is 0 Å². The fourth-order valence-electron chi connectivity index (χ4n) is 5.50. The van der Waals surface area contributed by atoms with Gasteiger partial charge in [0.1, 0.15) is 6.04 Å². The molecule has 0 heterocycles. The Morgan fingerprint density at radius 3 is 2.22 bits per heavy atom. The Hall–Kier alpha value is -2.82. The summed E-state index contributed by atoms with van der Waals surface area (Å²) in [5, 5.41) is 4.31. The number of hydrogen-bond donors (Lipinski definition) is 1. The van der Waals surface area contributed by atoms with E-state index in [-0.39, 0.29) is 29.8 Å². The van der Waals surface area contributed by atoms with Crippen molar-refractivity contribution in [1.29, 1.82) is 0 Å². The second-order valence-electron chi connectivity index (χ2n) is 12.3. The molecule has 0 saturated heterocycles.